The predicted octanol–water partition coefficient (Wildman–Crippen LogP) is 13.4. The molecule has 5 aromatic heterocycles. The van der Waals surface area contributed by atoms with Gasteiger partial charge in [-0.15, -0.1) is 34.0 Å². The molecule has 12 rings (SSSR count). The van der Waals surface area contributed by atoms with Gasteiger partial charge < -0.3 is 0 Å². The predicted molar refractivity (Wildman–Crippen MR) is 224 cm³/mol. The monoisotopic (exact) mass is 726 g/mol. The average Bonchev–Trinajstić information content (AvgIpc) is 4.06. The second kappa shape index (κ2) is 10.8. The fraction of sp³-hybridized carbons (Fsp3) is 0. The molecule has 0 spiro atoms. The molecule has 0 saturated carbocycles. The van der Waals surface area contributed by atoms with Crippen molar-refractivity contribution in [1.29, 1.82) is 0 Å². The zero-order valence-electron chi connectivity index (χ0n) is 36.6. The largest absolute Gasteiger partial charge is 0.278 e. The van der Waals surface area contributed by atoms with Crippen LogP contribution in [0.2, 0.25) is 0 Å². The van der Waals surface area contributed by atoms with Crippen molar-refractivity contribution in [1.82, 2.24) is 19.5 Å². The van der Waals surface area contributed by atoms with Gasteiger partial charge in [0.15, 0.2) is 11.6 Å². The summed E-state index contributed by atoms with van der Waals surface area (Å²) in [6.07, 6.45) is 0. The lowest BCUT2D eigenvalue weighted by Crippen LogP contribution is -2.06. The molecule has 0 bridgehead atoms. The van der Waals surface area contributed by atoms with Gasteiger partial charge in [-0.25, -0.2) is 4.98 Å². The Morgan fingerprint density at radius 3 is 1.94 bits per heavy atom. The Hall–Kier alpha value is -5.99. The lowest BCUT2D eigenvalue weighted by molar-refractivity contribution is 0.954. The van der Waals surface area contributed by atoms with Gasteiger partial charge >= 0.3 is 0 Å². The summed E-state index contributed by atoms with van der Waals surface area (Å²) in [6, 6.07) is 24.2. The molecular formula is C45H24N4S3. The normalized spacial score (nSPS) is 14.9. The number of rotatable bonds is 3. The van der Waals surface area contributed by atoms with Crippen molar-refractivity contribution >= 4 is 116 Å². The quantitative estimate of drug-likeness (QED) is 0.182. The first-order valence-electron chi connectivity index (χ1n) is 21.4. The Labute approximate surface area is 322 Å². The number of nitrogens with zero attached hydrogens (tertiary/aromatic N) is 4. The summed E-state index contributed by atoms with van der Waals surface area (Å²) >= 11 is 4.32. The highest BCUT2D eigenvalue weighted by Crippen LogP contribution is 2.44. The fourth-order valence-electron chi connectivity index (χ4n) is 7.23. The van der Waals surface area contributed by atoms with Crippen LogP contribution in [0.1, 0.15) is 13.7 Å². The topological polar surface area (TPSA) is 43.6 Å². The van der Waals surface area contributed by atoms with E-state index in [1.54, 1.807) is 22.7 Å². The third-order valence-corrected chi connectivity index (χ3v) is 13.0. The molecule has 0 aliphatic rings. The fourth-order valence-corrected chi connectivity index (χ4v) is 10.6. The summed E-state index contributed by atoms with van der Waals surface area (Å²) in [5, 5.41) is 4.72. The van der Waals surface area contributed by atoms with E-state index in [0.29, 0.717) is 11.1 Å². The van der Waals surface area contributed by atoms with Crippen molar-refractivity contribution in [2.24, 2.45) is 0 Å². The Bertz CT molecular complexity index is 4020. The molecule has 12 aromatic rings. The number of benzene rings is 7. The smallest absolute Gasteiger partial charge is 0.238 e. The third-order valence-electron chi connectivity index (χ3n) is 9.56. The maximum Gasteiger partial charge on any atom is 0.238 e. The highest BCUT2D eigenvalue weighted by atomic mass is 32.1. The Kier molecular flexibility index (Phi) is 4.30. The second-order valence-electron chi connectivity index (χ2n) is 12.4. The second-order valence-corrected chi connectivity index (χ2v) is 15.6. The third kappa shape index (κ3) is 4.09. The number of aromatic nitrogens is 4. The molecular weight excluding hydrogens is 693 g/mol. The van der Waals surface area contributed by atoms with Gasteiger partial charge in [-0.3, -0.25) is 4.57 Å². The molecule has 0 aliphatic heterocycles. The van der Waals surface area contributed by atoms with Crippen LogP contribution in [0.4, 0.5) is 0 Å². The van der Waals surface area contributed by atoms with Crippen molar-refractivity contribution in [2.75, 3.05) is 0 Å². The molecule has 7 heteroatoms. The molecule has 0 fully saturated rings. The zero-order valence-corrected chi connectivity index (χ0v) is 29.0. The van der Waals surface area contributed by atoms with E-state index < -0.39 is 30.2 Å². The van der Waals surface area contributed by atoms with Gasteiger partial charge in [-0.2, -0.15) is 9.97 Å². The first-order valence-corrected chi connectivity index (χ1v) is 18.8. The van der Waals surface area contributed by atoms with Crippen molar-refractivity contribution in [3.05, 3.63) is 145 Å². The molecule has 0 N–H and O–H groups in total. The molecule has 7 aromatic carbocycles. The van der Waals surface area contributed by atoms with E-state index >= 15 is 0 Å². The van der Waals surface area contributed by atoms with Gasteiger partial charge in [0, 0.05) is 82.4 Å². The zero-order chi connectivity index (χ0) is 42.6. The lowest BCUT2D eigenvalue weighted by Gasteiger charge is -2.11. The van der Waals surface area contributed by atoms with E-state index in [-0.39, 0.29) is 89.8 Å². The standard InChI is InChI=1S/C45H24N4S3/c1-5-13-34-32(12-1)41-35(21-20-31-28-10-3-8-16-38(28)52-42(31)41)49(34)45-47-43(25-18-22-39-33(23-25)29-11-4-7-15-37(29)50-39)46-44(48-45)26-17-19-30-27-9-2-6-14-36(27)51-40(30)24-26/h1-24H/i1D,3D,5D,8D,10D,12D,13D,16D,20D,21D. The van der Waals surface area contributed by atoms with Crippen molar-refractivity contribution < 1.29 is 13.7 Å². The van der Waals surface area contributed by atoms with Crippen LogP contribution < -0.4 is 0 Å². The molecule has 0 unspecified atom stereocenters. The lowest BCUT2D eigenvalue weighted by atomic mass is 10.1. The van der Waals surface area contributed by atoms with Gasteiger partial charge in [0.05, 0.1) is 24.7 Å². The number of fused-ring (bicyclic) bond motifs is 13. The summed E-state index contributed by atoms with van der Waals surface area (Å²) in [5.41, 5.74) is 1.35. The van der Waals surface area contributed by atoms with Crippen molar-refractivity contribution in [3.8, 4) is 28.7 Å². The molecule has 0 atom stereocenters. The Morgan fingerprint density at radius 1 is 0.442 bits per heavy atom. The van der Waals surface area contributed by atoms with Crippen LogP contribution >= 0.6 is 34.0 Å². The number of thiophene rings is 3. The maximum absolute atomic E-state index is 9.62. The number of para-hydroxylation sites is 1. The van der Waals surface area contributed by atoms with E-state index in [2.05, 4.69) is 24.3 Å². The summed E-state index contributed by atoms with van der Waals surface area (Å²) in [7, 11) is 0. The van der Waals surface area contributed by atoms with E-state index in [1.165, 1.54) is 4.57 Å². The van der Waals surface area contributed by atoms with Crippen LogP contribution in [0.25, 0.3) is 111 Å². The summed E-state index contributed by atoms with van der Waals surface area (Å²) in [4.78, 5) is 15.2. The minimum Gasteiger partial charge on any atom is -0.278 e. The molecule has 4 nitrogen and oxygen atoms in total. The highest BCUT2D eigenvalue weighted by Gasteiger charge is 2.21. The van der Waals surface area contributed by atoms with E-state index in [0.717, 1.165) is 51.7 Å². The molecule has 5 heterocycles. The summed E-state index contributed by atoms with van der Waals surface area (Å²) in [5.74, 6) is 0.512. The van der Waals surface area contributed by atoms with Crippen molar-refractivity contribution in [2.45, 2.75) is 0 Å². The molecule has 242 valence electrons. The van der Waals surface area contributed by atoms with Gasteiger partial charge in [-0.05, 0) is 54.5 Å². The van der Waals surface area contributed by atoms with Gasteiger partial charge in [0.2, 0.25) is 5.95 Å². The molecule has 0 saturated heterocycles. The maximum atomic E-state index is 9.62. The number of hydrogen-bond acceptors (Lipinski definition) is 6. The van der Waals surface area contributed by atoms with Crippen molar-refractivity contribution in [3.63, 3.8) is 0 Å². The first kappa shape index (κ1) is 20.8. The molecule has 0 aliphatic carbocycles. The number of hydrogen-bond donors (Lipinski definition) is 0. The minimum absolute atomic E-state index is 0.0225. The Balaban J connectivity index is 1.23. The summed E-state index contributed by atoms with van der Waals surface area (Å²) < 4.78 is 95.9. The van der Waals surface area contributed by atoms with Gasteiger partial charge in [0.1, 0.15) is 0 Å². The molecule has 52 heavy (non-hydrogen) atoms. The SMILES string of the molecule is [2H]c1c([2H])c([2H])c2c(sc3c2c([2H])c([2H])c2c3c3c([2H])c([2H])c([2H])c([2H])c3n2-c2nc(-c3ccc4c(c3)sc3ccccc34)nc(-c3ccc4sc5ccccc5c4c3)n2)c1[2H]. The van der Waals surface area contributed by atoms with Gasteiger partial charge in [-0.1, -0.05) is 90.8 Å². The van der Waals surface area contributed by atoms with Crippen LogP contribution in [0, 0.1) is 0 Å². The van der Waals surface area contributed by atoms with Crippen LogP contribution in [0.15, 0.2) is 145 Å². The Morgan fingerprint density at radius 2 is 1.10 bits per heavy atom. The first-order chi connectivity index (χ1) is 29.9. The van der Waals surface area contributed by atoms with Crippen LogP contribution in [-0.2, 0) is 0 Å². The van der Waals surface area contributed by atoms with Gasteiger partial charge in [0.25, 0.3) is 0 Å². The van der Waals surface area contributed by atoms with E-state index in [1.807, 2.05) is 60.7 Å². The molecule has 0 amide bonds. The molecule has 0 radical (unpaired) electrons. The van der Waals surface area contributed by atoms with E-state index in [9.17, 15) is 5.48 Å². The van der Waals surface area contributed by atoms with Crippen LogP contribution in [0.5, 0.6) is 0 Å². The van der Waals surface area contributed by atoms with Crippen LogP contribution in [-0.4, -0.2) is 19.5 Å². The minimum atomic E-state index is -0.518. The average molecular weight is 727 g/mol. The summed E-state index contributed by atoms with van der Waals surface area (Å²) in [6.45, 7) is 0. The van der Waals surface area contributed by atoms with E-state index in [4.69, 9.17) is 23.2 Å². The van der Waals surface area contributed by atoms with Crippen LogP contribution in [0.3, 0.4) is 0 Å². The highest BCUT2D eigenvalue weighted by molar-refractivity contribution is 7.27.